The van der Waals surface area contributed by atoms with Gasteiger partial charge < -0.3 is 0 Å². The van der Waals surface area contributed by atoms with E-state index >= 15 is 0 Å². The number of hydrogen-bond acceptors (Lipinski definition) is 1. The van der Waals surface area contributed by atoms with Crippen molar-refractivity contribution < 1.29 is 13.6 Å². The van der Waals surface area contributed by atoms with Crippen molar-refractivity contribution in [1.82, 2.24) is 0 Å². The van der Waals surface area contributed by atoms with Crippen LogP contribution < -0.4 is 0 Å². The van der Waals surface area contributed by atoms with Crippen molar-refractivity contribution >= 4 is 12.4 Å². The number of carbonyl (C=O) groups is 1. The number of halogens is 2. The van der Waals surface area contributed by atoms with Gasteiger partial charge in [0.1, 0.15) is 6.29 Å². The second kappa shape index (κ2) is 5.54. The fraction of sp³-hybridized carbons (Fsp3) is 0.308. The highest BCUT2D eigenvalue weighted by atomic mass is 19.3. The average Bonchev–Trinajstić information content (AvgIpc) is 2.25. The van der Waals surface area contributed by atoms with Crippen LogP contribution in [0.15, 0.2) is 29.8 Å². The van der Waals surface area contributed by atoms with E-state index in [1.807, 2.05) is 13.8 Å². The van der Waals surface area contributed by atoms with E-state index in [4.69, 9.17) is 0 Å². The van der Waals surface area contributed by atoms with Gasteiger partial charge >= 0.3 is 0 Å². The lowest BCUT2D eigenvalue weighted by atomic mass is 10.0. The summed E-state index contributed by atoms with van der Waals surface area (Å²) in [5.41, 5.74) is 1.21. The maximum atomic E-state index is 12.4. The minimum absolute atomic E-state index is 0.0252. The summed E-state index contributed by atoms with van der Waals surface area (Å²) in [7, 11) is 0. The molecule has 0 amide bonds. The van der Waals surface area contributed by atoms with E-state index in [1.54, 1.807) is 18.2 Å². The Balaban J connectivity index is 3.05. The predicted octanol–water partition coefficient (Wildman–Crippen LogP) is 3.86. The van der Waals surface area contributed by atoms with E-state index in [0.717, 1.165) is 6.29 Å². The average molecular weight is 224 g/mol. The number of aldehydes is 1. The first-order chi connectivity index (χ1) is 7.54. The Morgan fingerprint density at radius 2 is 2.00 bits per heavy atom. The SMILES string of the molecule is CC(C)/C(C=O)=C/c1cccc(C(F)F)c1. The molecule has 1 aromatic carbocycles. The summed E-state index contributed by atoms with van der Waals surface area (Å²) < 4.78 is 24.9. The zero-order valence-electron chi connectivity index (χ0n) is 9.28. The molecule has 0 fully saturated rings. The van der Waals surface area contributed by atoms with E-state index in [9.17, 15) is 13.6 Å². The Labute approximate surface area is 93.8 Å². The quantitative estimate of drug-likeness (QED) is 0.560. The molecule has 16 heavy (non-hydrogen) atoms. The van der Waals surface area contributed by atoms with Crippen LogP contribution in [0.5, 0.6) is 0 Å². The molecule has 0 saturated heterocycles. The molecule has 0 saturated carbocycles. The van der Waals surface area contributed by atoms with Crippen molar-refractivity contribution in [2.45, 2.75) is 20.3 Å². The number of benzene rings is 1. The van der Waals surface area contributed by atoms with Gasteiger partial charge in [0.05, 0.1) is 0 Å². The van der Waals surface area contributed by atoms with Gasteiger partial charge in [-0.2, -0.15) is 0 Å². The zero-order chi connectivity index (χ0) is 12.1. The van der Waals surface area contributed by atoms with Crippen LogP contribution in [0, 0.1) is 5.92 Å². The van der Waals surface area contributed by atoms with E-state index in [0.29, 0.717) is 11.1 Å². The molecule has 0 aliphatic rings. The Morgan fingerprint density at radius 3 is 2.50 bits per heavy atom. The summed E-state index contributed by atoms with van der Waals surface area (Å²) in [5, 5.41) is 0. The fourth-order valence-corrected chi connectivity index (χ4v) is 1.31. The van der Waals surface area contributed by atoms with Crippen molar-refractivity contribution in [2.75, 3.05) is 0 Å². The maximum Gasteiger partial charge on any atom is 0.263 e. The molecule has 0 aliphatic carbocycles. The molecule has 1 rings (SSSR count). The molecule has 3 heteroatoms. The van der Waals surface area contributed by atoms with Crippen LogP contribution >= 0.6 is 0 Å². The Kier molecular flexibility index (Phi) is 4.35. The first-order valence-electron chi connectivity index (χ1n) is 5.09. The topological polar surface area (TPSA) is 17.1 Å². The molecule has 0 heterocycles. The molecule has 0 aromatic heterocycles. The first kappa shape index (κ1) is 12.6. The van der Waals surface area contributed by atoms with Gasteiger partial charge in [-0.25, -0.2) is 8.78 Å². The Hall–Kier alpha value is -1.51. The van der Waals surface area contributed by atoms with E-state index in [-0.39, 0.29) is 11.5 Å². The Morgan fingerprint density at radius 1 is 1.31 bits per heavy atom. The summed E-state index contributed by atoms with van der Waals surface area (Å²) in [6.45, 7) is 3.77. The second-order valence-electron chi connectivity index (χ2n) is 3.89. The van der Waals surface area contributed by atoms with Crippen LogP contribution in [0.3, 0.4) is 0 Å². The van der Waals surface area contributed by atoms with Crippen LogP contribution in [-0.4, -0.2) is 6.29 Å². The van der Waals surface area contributed by atoms with Gasteiger partial charge in [-0.15, -0.1) is 0 Å². The van der Waals surface area contributed by atoms with E-state index in [2.05, 4.69) is 0 Å². The second-order valence-corrected chi connectivity index (χ2v) is 3.89. The molecule has 0 radical (unpaired) electrons. The van der Waals surface area contributed by atoms with Crippen molar-refractivity contribution in [2.24, 2.45) is 5.92 Å². The number of rotatable bonds is 4. The van der Waals surface area contributed by atoms with Crippen molar-refractivity contribution in [1.29, 1.82) is 0 Å². The molecule has 1 nitrogen and oxygen atoms in total. The van der Waals surface area contributed by atoms with E-state index < -0.39 is 6.43 Å². The zero-order valence-corrected chi connectivity index (χ0v) is 9.28. The van der Waals surface area contributed by atoms with Crippen molar-refractivity contribution in [3.8, 4) is 0 Å². The van der Waals surface area contributed by atoms with Crippen LogP contribution in [0.1, 0.15) is 31.4 Å². The maximum absolute atomic E-state index is 12.4. The lowest BCUT2D eigenvalue weighted by Gasteiger charge is -2.05. The van der Waals surface area contributed by atoms with Gasteiger partial charge in [0.15, 0.2) is 0 Å². The number of alkyl halides is 2. The summed E-state index contributed by atoms with van der Waals surface area (Å²) in [6.07, 6.45) is -0.0735. The van der Waals surface area contributed by atoms with Crippen LogP contribution in [0.2, 0.25) is 0 Å². The standard InChI is InChI=1S/C13H14F2O/c1-9(2)12(8-16)7-10-4-3-5-11(6-10)13(14)15/h3-9,13H,1-2H3/b12-7+. The summed E-state index contributed by atoms with van der Waals surface area (Å²) >= 11 is 0. The van der Waals surface area contributed by atoms with Gasteiger partial charge in [-0.1, -0.05) is 32.0 Å². The summed E-state index contributed by atoms with van der Waals surface area (Å²) in [5.74, 6) is 0.0905. The molecular formula is C13H14F2O. The summed E-state index contributed by atoms with van der Waals surface area (Å²) in [6, 6.07) is 6.04. The molecule has 0 N–H and O–H groups in total. The third-order valence-electron chi connectivity index (χ3n) is 2.30. The molecule has 1 aromatic rings. The monoisotopic (exact) mass is 224 g/mol. The highest BCUT2D eigenvalue weighted by Crippen LogP contribution is 2.21. The molecule has 0 bridgehead atoms. The highest BCUT2D eigenvalue weighted by Gasteiger charge is 2.07. The van der Waals surface area contributed by atoms with Crippen LogP contribution in [0.25, 0.3) is 6.08 Å². The molecule has 0 atom stereocenters. The molecular weight excluding hydrogens is 210 g/mol. The van der Waals surface area contributed by atoms with Crippen molar-refractivity contribution in [3.63, 3.8) is 0 Å². The molecule has 0 spiro atoms. The minimum Gasteiger partial charge on any atom is -0.298 e. The smallest absolute Gasteiger partial charge is 0.263 e. The first-order valence-corrected chi connectivity index (χ1v) is 5.09. The normalized spacial score (nSPS) is 12.2. The van der Waals surface area contributed by atoms with Gasteiger partial charge in [0, 0.05) is 5.56 Å². The van der Waals surface area contributed by atoms with E-state index in [1.165, 1.54) is 12.1 Å². The van der Waals surface area contributed by atoms with Gasteiger partial charge in [0.25, 0.3) is 6.43 Å². The third kappa shape index (κ3) is 3.26. The van der Waals surface area contributed by atoms with Crippen molar-refractivity contribution in [3.05, 3.63) is 41.0 Å². The lowest BCUT2D eigenvalue weighted by Crippen LogP contribution is -1.95. The molecule has 86 valence electrons. The predicted molar refractivity (Wildman–Crippen MR) is 60.3 cm³/mol. The number of allylic oxidation sites excluding steroid dienone is 1. The fourth-order valence-electron chi connectivity index (χ4n) is 1.31. The van der Waals surface area contributed by atoms with Gasteiger partial charge in [0.2, 0.25) is 0 Å². The third-order valence-corrected chi connectivity index (χ3v) is 2.30. The summed E-state index contributed by atoms with van der Waals surface area (Å²) in [4.78, 5) is 10.8. The lowest BCUT2D eigenvalue weighted by molar-refractivity contribution is -0.105. The molecule has 0 aliphatic heterocycles. The van der Waals surface area contributed by atoms with Gasteiger partial charge in [-0.3, -0.25) is 4.79 Å². The number of hydrogen-bond donors (Lipinski definition) is 0. The van der Waals surface area contributed by atoms with Crippen LogP contribution in [-0.2, 0) is 4.79 Å². The largest absolute Gasteiger partial charge is 0.298 e. The highest BCUT2D eigenvalue weighted by molar-refractivity contribution is 5.82. The Bertz CT molecular complexity index is 395. The number of carbonyl (C=O) groups excluding carboxylic acids is 1. The van der Waals surface area contributed by atoms with Crippen LogP contribution in [0.4, 0.5) is 8.78 Å². The van der Waals surface area contributed by atoms with Gasteiger partial charge in [-0.05, 0) is 29.2 Å². The minimum atomic E-state index is -2.48. The molecule has 0 unspecified atom stereocenters.